The van der Waals surface area contributed by atoms with Gasteiger partial charge in [-0.25, -0.2) is 0 Å². The molecule has 0 heterocycles. The third kappa shape index (κ3) is 24.2. The maximum atomic E-state index is 14.2. The minimum absolute atomic E-state index is 0.0258. The number of aliphatic hydroxyl groups excluding tert-OH is 1. The summed E-state index contributed by atoms with van der Waals surface area (Å²) in [5.41, 5.74) is 2.32. The Morgan fingerprint density at radius 3 is 1.86 bits per heavy atom. The van der Waals surface area contributed by atoms with E-state index in [4.69, 9.17) is 0 Å². The van der Waals surface area contributed by atoms with Crippen LogP contribution in [0.2, 0.25) is 0 Å². The van der Waals surface area contributed by atoms with Crippen LogP contribution in [-0.2, 0) is 50.2 Å². The van der Waals surface area contributed by atoms with Crippen molar-refractivity contribution in [1.29, 1.82) is 0 Å². The molecule has 4 amide bonds. The summed E-state index contributed by atoms with van der Waals surface area (Å²) >= 11 is 1.55. The summed E-state index contributed by atoms with van der Waals surface area (Å²) in [6, 6.07) is 14.1. The maximum absolute atomic E-state index is 14.2. The van der Waals surface area contributed by atoms with Gasteiger partial charge in [0.05, 0.1) is 37.2 Å². The number of nitrogens with zero attached hydrogens (tertiary/aromatic N) is 1. The van der Waals surface area contributed by atoms with Crippen molar-refractivity contribution in [3.63, 3.8) is 0 Å². The number of benzene rings is 2. The summed E-state index contributed by atoms with van der Waals surface area (Å²) in [5.74, 6) is -6.05. The van der Waals surface area contributed by atoms with Gasteiger partial charge in [0.1, 0.15) is 0 Å². The molecule has 0 spiro atoms. The molecule has 73 heavy (non-hydrogen) atoms. The van der Waals surface area contributed by atoms with Gasteiger partial charge in [0.2, 0.25) is 23.6 Å². The van der Waals surface area contributed by atoms with Crippen LogP contribution in [0.1, 0.15) is 154 Å². The van der Waals surface area contributed by atoms with E-state index in [2.05, 4.69) is 60.8 Å². The highest BCUT2D eigenvalue weighted by molar-refractivity contribution is 7.98. The van der Waals surface area contributed by atoms with E-state index in [1.54, 1.807) is 37.7 Å². The van der Waals surface area contributed by atoms with Gasteiger partial charge in [0.15, 0.2) is 28.9 Å². The molecular weight excluding hydrogens is 947 g/mol. The normalized spacial score (nSPS) is 14.0. The summed E-state index contributed by atoms with van der Waals surface area (Å²) in [6.45, 7) is 18.8. The molecule has 0 aliphatic rings. The molecule has 0 radical (unpaired) electrons. The molecule has 16 heteroatoms. The van der Waals surface area contributed by atoms with E-state index in [9.17, 15) is 48.3 Å². The van der Waals surface area contributed by atoms with Crippen LogP contribution >= 0.6 is 11.8 Å². The Morgan fingerprint density at radius 1 is 0.671 bits per heavy atom. The number of Topliss-reactive ketones (excluding diaryl/α,β-unsaturated/α-hetero) is 5. The lowest BCUT2D eigenvalue weighted by Crippen LogP contribution is -2.47. The van der Waals surface area contributed by atoms with Crippen molar-refractivity contribution < 1.29 is 48.3 Å². The Labute approximate surface area is 439 Å². The number of rotatable bonds is 37. The average molecular weight is 1030 g/mol. The number of unbranched alkanes of at least 4 members (excludes halogenated alkanes) is 1. The van der Waals surface area contributed by atoms with Crippen LogP contribution in [0.4, 0.5) is 0 Å². The average Bonchev–Trinajstić information content (AvgIpc) is 3.36. The van der Waals surface area contributed by atoms with Crippen LogP contribution in [0.25, 0.3) is 0 Å². The summed E-state index contributed by atoms with van der Waals surface area (Å²) in [4.78, 5) is 123. The predicted octanol–water partition coefficient (Wildman–Crippen LogP) is 6.79. The van der Waals surface area contributed by atoms with Crippen molar-refractivity contribution in [3.8, 4) is 0 Å². The third-order valence-corrected chi connectivity index (χ3v) is 13.9. The van der Waals surface area contributed by atoms with Crippen LogP contribution in [0.3, 0.4) is 0 Å². The van der Waals surface area contributed by atoms with Gasteiger partial charge in [-0.2, -0.15) is 11.8 Å². The van der Waals surface area contributed by atoms with Gasteiger partial charge in [-0.3, -0.25) is 43.2 Å². The molecule has 2 rings (SSSR count). The van der Waals surface area contributed by atoms with E-state index < -0.39 is 96.4 Å². The molecule has 5 N–H and O–H groups in total. The first-order valence-electron chi connectivity index (χ1n) is 26.3. The third-order valence-electron chi connectivity index (χ3n) is 13.2. The summed E-state index contributed by atoms with van der Waals surface area (Å²) < 4.78 is 0. The maximum Gasteiger partial charge on any atom is 0.226 e. The zero-order valence-electron chi connectivity index (χ0n) is 45.4. The summed E-state index contributed by atoms with van der Waals surface area (Å²) in [7, 11) is 0. The van der Waals surface area contributed by atoms with Gasteiger partial charge in [-0.15, -0.1) is 0 Å². The number of carbonyl (C=O) groups is 9. The lowest BCUT2D eigenvalue weighted by Gasteiger charge is -2.26. The molecule has 3 unspecified atom stereocenters. The fourth-order valence-corrected chi connectivity index (χ4v) is 8.99. The summed E-state index contributed by atoms with van der Waals surface area (Å²) in [5, 5.41) is 21.2. The van der Waals surface area contributed by atoms with Gasteiger partial charge in [-0.05, 0) is 99.6 Å². The smallest absolute Gasteiger partial charge is 0.226 e. The molecule has 406 valence electrons. The Morgan fingerprint density at radius 2 is 1.29 bits per heavy atom. The van der Waals surface area contributed by atoms with E-state index in [0.717, 1.165) is 37.2 Å². The van der Waals surface area contributed by atoms with Crippen LogP contribution in [0.15, 0.2) is 54.6 Å². The van der Waals surface area contributed by atoms with E-state index >= 15 is 0 Å². The van der Waals surface area contributed by atoms with Crippen molar-refractivity contribution in [3.05, 3.63) is 71.3 Å². The topological polar surface area (TPSA) is 225 Å². The van der Waals surface area contributed by atoms with Crippen LogP contribution < -0.4 is 21.3 Å². The number of hydrogen-bond acceptors (Lipinski definition) is 12. The fourth-order valence-electron chi connectivity index (χ4n) is 8.52. The van der Waals surface area contributed by atoms with E-state index in [1.807, 2.05) is 62.6 Å². The lowest BCUT2D eigenvalue weighted by atomic mass is 9.85. The van der Waals surface area contributed by atoms with Crippen LogP contribution in [-0.4, -0.2) is 125 Å². The van der Waals surface area contributed by atoms with Crippen molar-refractivity contribution in [1.82, 2.24) is 26.2 Å². The second-order valence-electron chi connectivity index (χ2n) is 20.7. The molecule has 0 saturated carbocycles. The Bertz CT molecular complexity index is 2090. The molecule has 0 aliphatic heterocycles. The number of hydrogen-bond donors (Lipinski definition) is 5. The van der Waals surface area contributed by atoms with E-state index in [1.165, 1.54) is 0 Å². The number of nitrogens with one attached hydrogen (secondary N) is 4. The van der Waals surface area contributed by atoms with E-state index in [0.29, 0.717) is 30.6 Å². The van der Waals surface area contributed by atoms with Gasteiger partial charge >= 0.3 is 0 Å². The summed E-state index contributed by atoms with van der Waals surface area (Å²) in [6.07, 6.45) is 3.61. The molecule has 15 nitrogen and oxygen atoms in total. The largest absolute Gasteiger partial charge is 0.396 e. The second kappa shape index (κ2) is 33.7. The van der Waals surface area contributed by atoms with Gasteiger partial charge in [0, 0.05) is 55.9 Å². The Hall–Kier alpha value is -5.06. The van der Waals surface area contributed by atoms with Gasteiger partial charge in [-0.1, -0.05) is 110 Å². The molecule has 0 fully saturated rings. The highest BCUT2D eigenvalue weighted by Crippen LogP contribution is 2.25. The number of thioether (sulfide) groups is 1. The predicted molar refractivity (Wildman–Crippen MR) is 289 cm³/mol. The molecule has 0 aliphatic carbocycles. The first-order valence-corrected chi connectivity index (χ1v) is 27.7. The quantitative estimate of drug-likeness (QED) is 0.0349. The van der Waals surface area contributed by atoms with Crippen LogP contribution in [0.5, 0.6) is 0 Å². The zero-order valence-corrected chi connectivity index (χ0v) is 46.3. The van der Waals surface area contributed by atoms with Gasteiger partial charge < -0.3 is 31.3 Å². The van der Waals surface area contributed by atoms with E-state index in [-0.39, 0.29) is 67.8 Å². The molecular formula is C57H87N5O10S. The minimum Gasteiger partial charge on any atom is -0.396 e. The molecule has 2 aromatic rings. The first-order chi connectivity index (χ1) is 34.6. The molecule has 0 bridgehead atoms. The number of ketones is 5. The first kappa shape index (κ1) is 64.1. The standard InChI is InChI=1S/C57H87N5O10S/c1-11-49(65)48(28-30-73-10)60-53(69)27-26-46(64)36-58-54(70)44(37-63)35-52(68)47(21-17-18-29-62(12-2)13-3)61-56(72)42(31-38(4)5)33-50(66)39(6)59-55(71)43(32-40-19-15-14-16-20-40)34-51(67)41-22-24-45(25-23-41)57(7,8)9/h14-16,19-20,22-25,38-39,42-44,47-48,63H,11-13,17-18,21,26-37H2,1-10H3,(H,58,70)(H,59,71)(H,60,69)(H,61,72)/t39-,42?,43?,44?,47-,48-/m0/s1. The molecule has 0 saturated heterocycles. The molecule has 6 atom stereocenters. The van der Waals surface area contributed by atoms with Crippen LogP contribution in [0, 0.1) is 23.7 Å². The molecule has 2 aromatic carbocycles. The van der Waals surface area contributed by atoms with Crippen molar-refractivity contribution in [2.24, 2.45) is 23.7 Å². The highest BCUT2D eigenvalue weighted by Gasteiger charge is 2.33. The van der Waals surface area contributed by atoms with Crippen molar-refractivity contribution in [2.75, 3.05) is 44.8 Å². The van der Waals surface area contributed by atoms with Gasteiger partial charge in [0.25, 0.3) is 0 Å². The number of carbonyl (C=O) groups excluding carboxylic acids is 9. The molecule has 0 aromatic heterocycles. The zero-order chi connectivity index (χ0) is 54.7. The minimum atomic E-state index is -1.23. The van der Waals surface area contributed by atoms with Crippen molar-refractivity contribution >= 4 is 64.3 Å². The fraction of sp³-hybridized carbons (Fsp3) is 0.632. The SMILES string of the molecule is CCC(=O)[C@H](CCSC)NC(=O)CCC(=O)CNC(=O)C(CO)CC(=O)[C@H](CCCCN(CC)CC)NC(=O)C(CC(=O)[C@H](C)NC(=O)C(CC(=O)c1ccc(C(C)(C)C)cc1)Cc1ccccc1)CC(C)C. The Balaban J connectivity index is 2.20. The Kier molecular flexibility index (Phi) is 29.6. The number of aliphatic hydroxyl groups is 1. The second-order valence-corrected chi connectivity index (χ2v) is 21.7. The lowest BCUT2D eigenvalue weighted by molar-refractivity contribution is -0.135. The van der Waals surface area contributed by atoms with Crippen molar-refractivity contribution in [2.45, 2.75) is 163 Å². The monoisotopic (exact) mass is 1030 g/mol. The highest BCUT2D eigenvalue weighted by atomic mass is 32.2. The number of amides is 4.